The molecule has 0 heterocycles. The Morgan fingerprint density at radius 2 is 1.68 bits per heavy atom. The van der Waals surface area contributed by atoms with Crippen LogP contribution in [0.4, 0.5) is 8.78 Å². The second-order valence-electron chi connectivity index (χ2n) is 10.1. The van der Waals surface area contributed by atoms with E-state index in [1.54, 1.807) is 0 Å². The number of carbonyl (C=O) groups is 1. The Morgan fingerprint density at radius 1 is 0.960 bits per heavy atom. The smallest absolute Gasteiger partial charge is 0.320 e. The van der Waals surface area contributed by atoms with Gasteiger partial charge >= 0.3 is 6.61 Å². The van der Waals surface area contributed by atoms with Crippen LogP contribution in [0.5, 0.6) is 0 Å². The van der Waals surface area contributed by atoms with Crippen LogP contribution in [0.25, 0.3) is 0 Å². The number of fused-ring (bicyclic) bond motifs is 5. The summed E-state index contributed by atoms with van der Waals surface area (Å²) in [5.74, 6) is 2.11. The molecule has 0 unspecified atom stereocenters. The van der Waals surface area contributed by atoms with Gasteiger partial charge in [-0.15, -0.1) is 0 Å². The molecular formula is C21H32F2O2. The van der Waals surface area contributed by atoms with Gasteiger partial charge in [0.1, 0.15) is 5.78 Å². The highest BCUT2D eigenvalue weighted by atomic mass is 19.3. The number of carbonyl (C=O) groups excluding carboxylic acids is 1. The summed E-state index contributed by atoms with van der Waals surface area (Å²) in [7, 11) is 0. The second kappa shape index (κ2) is 5.74. The summed E-state index contributed by atoms with van der Waals surface area (Å²) < 4.78 is 30.1. The van der Waals surface area contributed by atoms with Gasteiger partial charge in [0.15, 0.2) is 0 Å². The van der Waals surface area contributed by atoms with Crippen LogP contribution in [0.2, 0.25) is 0 Å². The van der Waals surface area contributed by atoms with E-state index in [1.807, 2.05) is 0 Å². The minimum absolute atomic E-state index is 0.107. The Hall–Kier alpha value is -0.510. The highest BCUT2D eigenvalue weighted by Crippen LogP contribution is 2.70. The number of hydrogen-bond donors (Lipinski definition) is 0. The molecule has 4 rings (SSSR count). The van der Waals surface area contributed by atoms with E-state index >= 15 is 0 Å². The Balaban J connectivity index is 1.59. The van der Waals surface area contributed by atoms with E-state index in [1.165, 1.54) is 0 Å². The fourth-order valence-electron chi connectivity index (χ4n) is 7.93. The van der Waals surface area contributed by atoms with Crippen molar-refractivity contribution in [2.24, 2.45) is 34.0 Å². The topological polar surface area (TPSA) is 26.3 Å². The Morgan fingerprint density at radius 3 is 2.40 bits per heavy atom. The standard InChI is InChI=1S/C21H32F2O2/c1-19-10-7-14(25-18(22)23)12-13(19)6-9-20(2)15-4-5-17(24)21(15,3)11-8-16(19)20/h13-16,18H,4-12H2,1-3H3/t13-,14-,15-,16+,19-,20-,21-/m0/s1. The van der Waals surface area contributed by atoms with Crippen molar-refractivity contribution in [2.45, 2.75) is 91.3 Å². The zero-order valence-electron chi connectivity index (χ0n) is 15.8. The molecule has 142 valence electrons. The maximum atomic E-state index is 12.6. The molecule has 0 radical (unpaired) electrons. The molecule has 0 aromatic rings. The molecule has 4 saturated carbocycles. The predicted molar refractivity (Wildman–Crippen MR) is 92.2 cm³/mol. The van der Waals surface area contributed by atoms with Crippen molar-refractivity contribution < 1.29 is 18.3 Å². The van der Waals surface area contributed by atoms with E-state index in [0.717, 1.165) is 57.8 Å². The Bertz CT molecular complexity index is 564. The SMILES string of the molecule is C[C@]12CC[C@H](OC(F)F)C[C@@H]1CC[C@]1(C)[C@@H]2CC[C@]2(C)C(=O)CC[C@@H]12. The number of rotatable bonds is 2. The van der Waals surface area contributed by atoms with Gasteiger partial charge in [-0.25, -0.2) is 0 Å². The van der Waals surface area contributed by atoms with Gasteiger partial charge in [-0.3, -0.25) is 4.79 Å². The third-order valence-electron chi connectivity index (χ3n) is 9.22. The van der Waals surface area contributed by atoms with Gasteiger partial charge in [-0.05, 0) is 80.0 Å². The summed E-state index contributed by atoms with van der Waals surface area (Å²) in [4.78, 5) is 12.6. The van der Waals surface area contributed by atoms with E-state index in [4.69, 9.17) is 4.74 Å². The minimum atomic E-state index is -2.65. The van der Waals surface area contributed by atoms with Crippen LogP contribution in [-0.4, -0.2) is 18.5 Å². The van der Waals surface area contributed by atoms with E-state index in [2.05, 4.69) is 20.8 Å². The summed E-state index contributed by atoms with van der Waals surface area (Å²) in [6.45, 7) is 4.43. The first kappa shape index (κ1) is 17.9. The summed E-state index contributed by atoms with van der Waals surface area (Å²) in [6, 6.07) is 0. The van der Waals surface area contributed by atoms with Gasteiger partial charge < -0.3 is 4.74 Å². The summed E-state index contributed by atoms with van der Waals surface area (Å²) >= 11 is 0. The molecule has 25 heavy (non-hydrogen) atoms. The van der Waals surface area contributed by atoms with Crippen LogP contribution in [0, 0.1) is 34.0 Å². The van der Waals surface area contributed by atoms with Crippen LogP contribution >= 0.6 is 0 Å². The number of hydrogen-bond acceptors (Lipinski definition) is 2. The largest absolute Gasteiger partial charge is 0.345 e. The monoisotopic (exact) mass is 354 g/mol. The van der Waals surface area contributed by atoms with Crippen LogP contribution in [0.3, 0.4) is 0 Å². The van der Waals surface area contributed by atoms with Gasteiger partial charge in [0, 0.05) is 11.8 Å². The maximum Gasteiger partial charge on any atom is 0.345 e. The summed E-state index contributed by atoms with van der Waals surface area (Å²) in [5.41, 5.74) is 0.354. The molecule has 7 atom stereocenters. The lowest BCUT2D eigenvalue weighted by atomic mass is 9.40. The molecule has 2 nitrogen and oxygen atoms in total. The molecule has 0 aliphatic heterocycles. The maximum absolute atomic E-state index is 12.6. The Kier molecular flexibility index (Phi) is 4.11. The van der Waals surface area contributed by atoms with Crippen LogP contribution < -0.4 is 0 Å². The van der Waals surface area contributed by atoms with E-state index in [9.17, 15) is 13.6 Å². The molecule has 0 amide bonds. The van der Waals surface area contributed by atoms with Crippen LogP contribution in [-0.2, 0) is 9.53 Å². The molecule has 4 fully saturated rings. The van der Waals surface area contributed by atoms with Crippen molar-refractivity contribution in [2.75, 3.05) is 0 Å². The molecule has 4 aliphatic rings. The van der Waals surface area contributed by atoms with Crippen LogP contribution in [0.1, 0.15) is 78.6 Å². The molecule has 0 aromatic heterocycles. The first-order chi connectivity index (χ1) is 11.7. The number of Topliss-reactive ketones (excluding diaryl/α,β-unsaturated/α-hetero) is 1. The van der Waals surface area contributed by atoms with E-state index in [-0.39, 0.29) is 22.3 Å². The third kappa shape index (κ3) is 2.45. The van der Waals surface area contributed by atoms with Crippen molar-refractivity contribution in [3.05, 3.63) is 0 Å². The van der Waals surface area contributed by atoms with Gasteiger partial charge in [0.05, 0.1) is 6.10 Å². The lowest BCUT2D eigenvalue weighted by Crippen LogP contribution is -2.59. The number of halogens is 2. The van der Waals surface area contributed by atoms with Crippen LogP contribution in [0.15, 0.2) is 0 Å². The van der Waals surface area contributed by atoms with Gasteiger partial charge in [-0.1, -0.05) is 20.8 Å². The lowest BCUT2D eigenvalue weighted by Gasteiger charge is -2.65. The third-order valence-corrected chi connectivity index (χ3v) is 9.22. The molecule has 0 saturated heterocycles. The van der Waals surface area contributed by atoms with Gasteiger partial charge in [0.25, 0.3) is 0 Å². The Labute approximate surface area is 150 Å². The summed E-state index contributed by atoms with van der Waals surface area (Å²) in [5, 5.41) is 0. The van der Waals surface area contributed by atoms with Crippen molar-refractivity contribution in [3.8, 4) is 0 Å². The van der Waals surface area contributed by atoms with E-state index in [0.29, 0.717) is 23.5 Å². The van der Waals surface area contributed by atoms with Crippen molar-refractivity contribution in [1.29, 1.82) is 0 Å². The normalized spacial score (nSPS) is 52.6. The van der Waals surface area contributed by atoms with Gasteiger partial charge in [-0.2, -0.15) is 8.78 Å². The fourth-order valence-corrected chi connectivity index (χ4v) is 7.93. The predicted octanol–water partition coefficient (Wildman–Crippen LogP) is 5.60. The molecule has 0 N–H and O–H groups in total. The molecule has 0 spiro atoms. The first-order valence-corrected chi connectivity index (χ1v) is 10.2. The lowest BCUT2D eigenvalue weighted by molar-refractivity contribution is -0.209. The molecule has 0 aromatic carbocycles. The zero-order valence-corrected chi connectivity index (χ0v) is 15.8. The number of alkyl halides is 2. The average molecular weight is 354 g/mol. The minimum Gasteiger partial charge on any atom is -0.320 e. The first-order valence-electron chi connectivity index (χ1n) is 10.2. The molecule has 0 bridgehead atoms. The van der Waals surface area contributed by atoms with Gasteiger partial charge in [0.2, 0.25) is 0 Å². The average Bonchev–Trinajstić information content (AvgIpc) is 2.84. The number of ketones is 1. The quantitative estimate of drug-likeness (QED) is 0.645. The molecular weight excluding hydrogens is 322 g/mol. The fraction of sp³-hybridized carbons (Fsp3) is 0.952. The van der Waals surface area contributed by atoms with E-state index < -0.39 is 6.61 Å². The molecule has 4 aliphatic carbocycles. The summed E-state index contributed by atoms with van der Waals surface area (Å²) in [6.07, 6.45) is 8.48. The van der Waals surface area contributed by atoms with Crippen molar-refractivity contribution in [1.82, 2.24) is 0 Å². The molecule has 4 heteroatoms. The zero-order chi connectivity index (χ0) is 18.0. The second-order valence-corrected chi connectivity index (χ2v) is 10.1. The highest BCUT2D eigenvalue weighted by Gasteiger charge is 2.65. The van der Waals surface area contributed by atoms with Crippen molar-refractivity contribution >= 4 is 5.78 Å². The van der Waals surface area contributed by atoms with Crippen molar-refractivity contribution in [3.63, 3.8) is 0 Å². The highest BCUT2D eigenvalue weighted by molar-refractivity contribution is 5.87. The number of ether oxygens (including phenoxy) is 1.